The van der Waals surface area contributed by atoms with Gasteiger partial charge in [-0.1, -0.05) is 13.8 Å². The van der Waals surface area contributed by atoms with Crippen molar-refractivity contribution in [1.29, 1.82) is 0 Å². The molecule has 7 heteroatoms. The highest BCUT2D eigenvalue weighted by Crippen LogP contribution is 2.45. The maximum Gasteiger partial charge on any atom is 0.337 e. The van der Waals surface area contributed by atoms with Gasteiger partial charge in [-0.05, 0) is 26.7 Å². The van der Waals surface area contributed by atoms with Crippen LogP contribution in [0.5, 0.6) is 0 Å². The molecule has 21 heavy (non-hydrogen) atoms. The smallest absolute Gasteiger partial charge is 0.337 e. The van der Waals surface area contributed by atoms with Crippen molar-refractivity contribution in [2.24, 2.45) is 5.41 Å². The van der Waals surface area contributed by atoms with Gasteiger partial charge in [0.25, 0.3) is 0 Å². The largest absolute Gasteiger partial charge is 0.481 e. The number of carbonyl (C=O) groups is 3. The highest BCUT2D eigenvalue weighted by molar-refractivity contribution is 5.93. The van der Waals surface area contributed by atoms with Crippen LogP contribution in [0.4, 0.5) is 0 Å². The van der Waals surface area contributed by atoms with Crippen molar-refractivity contribution in [1.82, 2.24) is 0 Å². The molecule has 0 aromatic heterocycles. The minimum absolute atomic E-state index is 0.0270. The Morgan fingerprint density at radius 1 is 0.952 bits per heavy atom. The zero-order chi connectivity index (χ0) is 16.7. The fourth-order valence-electron chi connectivity index (χ4n) is 2.70. The Kier molecular flexibility index (Phi) is 7.35. The van der Waals surface area contributed by atoms with E-state index in [-0.39, 0.29) is 26.1 Å². The number of carbonyl (C=O) groups excluding carboxylic acids is 1. The summed E-state index contributed by atoms with van der Waals surface area (Å²) in [4.78, 5) is 35.4. The van der Waals surface area contributed by atoms with Crippen molar-refractivity contribution in [3.63, 3.8) is 0 Å². The maximum atomic E-state index is 12.4. The second kappa shape index (κ2) is 7.97. The van der Waals surface area contributed by atoms with Crippen LogP contribution in [0.1, 0.15) is 47.0 Å². The fraction of sp³-hybridized carbons (Fsp3) is 0.786. The molecule has 0 heterocycles. The molecular formula is C14H24O7. The van der Waals surface area contributed by atoms with Crippen LogP contribution in [-0.2, 0) is 23.9 Å². The van der Waals surface area contributed by atoms with Crippen LogP contribution in [0.25, 0.3) is 0 Å². The van der Waals surface area contributed by atoms with Gasteiger partial charge in [0.15, 0.2) is 5.60 Å². The molecule has 0 saturated carbocycles. The van der Waals surface area contributed by atoms with E-state index in [2.05, 4.69) is 0 Å². The molecule has 0 amide bonds. The first-order valence-electron chi connectivity index (χ1n) is 7.04. The van der Waals surface area contributed by atoms with Gasteiger partial charge >= 0.3 is 17.9 Å². The fourth-order valence-corrected chi connectivity index (χ4v) is 2.70. The zero-order valence-electron chi connectivity index (χ0n) is 13.0. The Balaban J connectivity index is 6.17. The molecule has 122 valence electrons. The summed E-state index contributed by atoms with van der Waals surface area (Å²) < 4.78 is 10.3. The summed E-state index contributed by atoms with van der Waals surface area (Å²) in [5.41, 5.74) is -3.70. The van der Waals surface area contributed by atoms with Crippen LogP contribution >= 0.6 is 0 Å². The molecule has 0 saturated heterocycles. The molecule has 0 fully saturated rings. The summed E-state index contributed by atoms with van der Waals surface area (Å²) in [7, 11) is 0. The summed E-state index contributed by atoms with van der Waals surface area (Å²) in [5, 5.41) is 18.7. The van der Waals surface area contributed by atoms with E-state index in [0.29, 0.717) is 0 Å². The third-order valence-electron chi connectivity index (χ3n) is 3.78. The van der Waals surface area contributed by atoms with Gasteiger partial charge in [0.05, 0.1) is 13.0 Å². The Morgan fingerprint density at radius 2 is 1.48 bits per heavy atom. The summed E-state index contributed by atoms with van der Waals surface area (Å²) in [6, 6.07) is 0. The minimum atomic E-state index is -2.15. The highest BCUT2D eigenvalue weighted by atomic mass is 16.6. The standard InChI is InChI=1S/C14H24O7/c1-5-13(6-2,12(19)20-7-3)14(11(17)18,21-8-4)9-10(15)16/h5-9H2,1-4H3,(H,15,16)(H,17,18). The van der Waals surface area contributed by atoms with E-state index in [1.54, 1.807) is 27.7 Å². The molecular weight excluding hydrogens is 280 g/mol. The average molecular weight is 304 g/mol. The van der Waals surface area contributed by atoms with Crippen molar-refractivity contribution < 1.29 is 34.1 Å². The van der Waals surface area contributed by atoms with Gasteiger partial charge in [0.1, 0.15) is 5.41 Å². The van der Waals surface area contributed by atoms with Crippen LogP contribution in [0, 0.1) is 5.41 Å². The predicted octanol–water partition coefficient (Wildman–Crippen LogP) is 1.69. The number of carboxylic acids is 2. The lowest BCUT2D eigenvalue weighted by Crippen LogP contribution is -2.61. The minimum Gasteiger partial charge on any atom is -0.481 e. The van der Waals surface area contributed by atoms with E-state index in [9.17, 15) is 19.5 Å². The third kappa shape index (κ3) is 3.53. The third-order valence-corrected chi connectivity index (χ3v) is 3.78. The Labute approximate surface area is 124 Å². The van der Waals surface area contributed by atoms with Crippen LogP contribution in [0.15, 0.2) is 0 Å². The molecule has 0 bridgehead atoms. The molecule has 0 aliphatic heterocycles. The normalized spacial score (nSPS) is 14.3. The Morgan fingerprint density at radius 3 is 1.76 bits per heavy atom. The SMILES string of the molecule is CCOC(=O)C(CC)(CC)C(CC(=O)O)(OCC)C(=O)O. The van der Waals surface area contributed by atoms with E-state index in [1.807, 2.05) is 0 Å². The molecule has 0 aliphatic rings. The number of rotatable bonds is 10. The lowest BCUT2D eigenvalue weighted by molar-refractivity contribution is -0.208. The van der Waals surface area contributed by atoms with Gasteiger partial charge in [0, 0.05) is 6.61 Å². The molecule has 0 spiro atoms. The first-order chi connectivity index (χ1) is 9.77. The average Bonchev–Trinajstić information content (AvgIpc) is 2.40. The highest BCUT2D eigenvalue weighted by Gasteiger charge is 2.62. The van der Waals surface area contributed by atoms with E-state index in [4.69, 9.17) is 14.6 Å². The zero-order valence-corrected chi connectivity index (χ0v) is 13.0. The van der Waals surface area contributed by atoms with Crippen molar-refractivity contribution in [2.75, 3.05) is 13.2 Å². The predicted molar refractivity (Wildman–Crippen MR) is 73.9 cm³/mol. The van der Waals surface area contributed by atoms with Gasteiger partial charge in [-0.25, -0.2) is 4.79 Å². The van der Waals surface area contributed by atoms with Gasteiger partial charge in [-0.3, -0.25) is 9.59 Å². The quantitative estimate of drug-likeness (QED) is 0.591. The number of aliphatic carboxylic acids is 2. The Bertz CT molecular complexity index is 387. The molecule has 1 atom stereocenters. The molecule has 0 aromatic carbocycles. The first-order valence-corrected chi connectivity index (χ1v) is 7.04. The molecule has 7 nitrogen and oxygen atoms in total. The summed E-state index contributed by atoms with van der Waals surface area (Å²) in [6.45, 7) is 6.46. The van der Waals surface area contributed by atoms with Crippen LogP contribution in [0.3, 0.4) is 0 Å². The van der Waals surface area contributed by atoms with Gasteiger partial charge < -0.3 is 19.7 Å². The Hall–Kier alpha value is -1.63. The lowest BCUT2D eigenvalue weighted by atomic mass is 9.66. The topological polar surface area (TPSA) is 110 Å². The number of esters is 1. The van der Waals surface area contributed by atoms with Crippen molar-refractivity contribution in [2.45, 2.75) is 52.6 Å². The van der Waals surface area contributed by atoms with Gasteiger partial charge in [-0.2, -0.15) is 0 Å². The van der Waals surface area contributed by atoms with Gasteiger partial charge in [0.2, 0.25) is 0 Å². The van der Waals surface area contributed by atoms with E-state index < -0.39 is 35.3 Å². The molecule has 1 unspecified atom stereocenters. The maximum absolute atomic E-state index is 12.4. The summed E-state index contributed by atoms with van der Waals surface area (Å²) in [6.07, 6.45) is -0.611. The van der Waals surface area contributed by atoms with Crippen LogP contribution in [-0.4, -0.2) is 46.9 Å². The van der Waals surface area contributed by atoms with Crippen molar-refractivity contribution in [3.05, 3.63) is 0 Å². The number of hydrogen-bond acceptors (Lipinski definition) is 5. The van der Waals surface area contributed by atoms with Gasteiger partial charge in [-0.15, -0.1) is 0 Å². The van der Waals surface area contributed by atoms with Crippen molar-refractivity contribution in [3.8, 4) is 0 Å². The molecule has 0 aliphatic carbocycles. The second-order valence-electron chi connectivity index (χ2n) is 4.65. The molecule has 0 aromatic rings. The lowest BCUT2D eigenvalue weighted by Gasteiger charge is -2.43. The van der Waals surface area contributed by atoms with E-state index in [1.165, 1.54) is 0 Å². The molecule has 0 rings (SSSR count). The summed E-state index contributed by atoms with van der Waals surface area (Å²) in [5.74, 6) is -3.56. The first kappa shape index (κ1) is 19.4. The van der Waals surface area contributed by atoms with E-state index in [0.717, 1.165) is 0 Å². The number of carboxylic acid groups (broad SMARTS) is 2. The second-order valence-corrected chi connectivity index (χ2v) is 4.65. The summed E-state index contributed by atoms with van der Waals surface area (Å²) >= 11 is 0. The molecule has 2 N–H and O–H groups in total. The van der Waals surface area contributed by atoms with Crippen LogP contribution < -0.4 is 0 Å². The number of hydrogen-bond donors (Lipinski definition) is 2. The van der Waals surface area contributed by atoms with E-state index >= 15 is 0 Å². The number of ether oxygens (including phenoxy) is 2. The van der Waals surface area contributed by atoms with Crippen LogP contribution in [0.2, 0.25) is 0 Å². The van der Waals surface area contributed by atoms with Crippen molar-refractivity contribution >= 4 is 17.9 Å². The monoisotopic (exact) mass is 304 g/mol. The molecule has 0 radical (unpaired) electrons.